The molecular weight excluding hydrogens is 352 g/mol. The number of halogens is 1. The van der Waals surface area contributed by atoms with Crippen LogP contribution in [0.15, 0.2) is 54.7 Å². The van der Waals surface area contributed by atoms with Crippen molar-refractivity contribution in [1.29, 1.82) is 0 Å². The Morgan fingerprint density at radius 2 is 1.96 bits per heavy atom. The van der Waals surface area contributed by atoms with Gasteiger partial charge in [0, 0.05) is 29.7 Å². The van der Waals surface area contributed by atoms with Gasteiger partial charge in [-0.25, -0.2) is 4.79 Å². The van der Waals surface area contributed by atoms with E-state index in [1.54, 1.807) is 30.1 Å². The summed E-state index contributed by atoms with van der Waals surface area (Å²) < 4.78 is 6.85. The lowest BCUT2D eigenvalue weighted by Crippen LogP contribution is -2.18. The molecule has 3 rings (SSSR count). The van der Waals surface area contributed by atoms with Crippen molar-refractivity contribution in [3.63, 3.8) is 0 Å². The maximum Gasteiger partial charge on any atom is 0.412 e. The Hall–Kier alpha value is -2.99. The number of nitrogens with two attached hydrogens (primary N) is 1. The first-order chi connectivity index (χ1) is 12.5. The highest BCUT2D eigenvalue weighted by atomic mass is 35.5. The molecule has 0 saturated heterocycles. The number of amides is 1. The van der Waals surface area contributed by atoms with Crippen molar-refractivity contribution in [2.24, 2.45) is 7.05 Å². The number of nitrogen functional groups attached to an aromatic ring is 1. The van der Waals surface area contributed by atoms with E-state index in [0.29, 0.717) is 22.9 Å². The third-order valence-electron chi connectivity index (χ3n) is 3.94. The van der Waals surface area contributed by atoms with E-state index in [-0.39, 0.29) is 6.61 Å². The Balaban J connectivity index is 1.63. The Morgan fingerprint density at radius 3 is 2.69 bits per heavy atom. The maximum atomic E-state index is 12.1. The minimum Gasteiger partial charge on any atom is -0.449 e. The van der Waals surface area contributed by atoms with Gasteiger partial charge in [-0.15, -0.1) is 0 Å². The summed E-state index contributed by atoms with van der Waals surface area (Å²) in [6, 6.07) is 14.8. The third kappa shape index (κ3) is 4.15. The SMILES string of the molecule is Cn1ncc(-c2ccc(N)cc2)c1NC(=O)OCCc1ccccc1Cl. The van der Waals surface area contributed by atoms with Gasteiger partial charge >= 0.3 is 6.09 Å². The Labute approximate surface area is 156 Å². The molecule has 0 spiro atoms. The molecule has 0 bridgehead atoms. The second kappa shape index (κ2) is 7.93. The molecule has 1 amide bonds. The number of aryl methyl sites for hydroxylation is 1. The van der Waals surface area contributed by atoms with Crippen LogP contribution in [-0.4, -0.2) is 22.5 Å². The van der Waals surface area contributed by atoms with Crippen molar-refractivity contribution in [2.75, 3.05) is 17.7 Å². The molecule has 7 heteroatoms. The van der Waals surface area contributed by atoms with Gasteiger partial charge in [-0.3, -0.25) is 10.00 Å². The summed E-state index contributed by atoms with van der Waals surface area (Å²) in [5.74, 6) is 0.553. The number of rotatable bonds is 5. The van der Waals surface area contributed by atoms with E-state index >= 15 is 0 Å². The van der Waals surface area contributed by atoms with Crippen LogP contribution in [0.25, 0.3) is 11.1 Å². The van der Waals surface area contributed by atoms with E-state index in [2.05, 4.69) is 10.4 Å². The number of hydrogen-bond donors (Lipinski definition) is 2. The molecule has 0 atom stereocenters. The van der Waals surface area contributed by atoms with Crippen LogP contribution < -0.4 is 11.1 Å². The molecule has 1 aromatic heterocycles. The summed E-state index contributed by atoms with van der Waals surface area (Å²) in [5.41, 5.74) is 9.02. The van der Waals surface area contributed by atoms with Crippen molar-refractivity contribution in [2.45, 2.75) is 6.42 Å². The molecule has 1 heterocycles. The zero-order valence-electron chi connectivity index (χ0n) is 14.3. The normalized spacial score (nSPS) is 10.5. The van der Waals surface area contributed by atoms with Crippen LogP contribution in [0.1, 0.15) is 5.56 Å². The summed E-state index contributed by atoms with van der Waals surface area (Å²) in [6.07, 6.45) is 1.69. The fourth-order valence-electron chi connectivity index (χ4n) is 2.55. The first-order valence-corrected chi connectivity index (χ1v) is 8.47. The van der Waals surface area contributed by atoms with Crippen molar-refractivity contribution >= 4 is 29.2 Å². The third-order valence-corrected chi connectivity index (χ3v) is 4.31. The Bertz CT molecular complexity index is 906. The molecule has 0 aliphatic carbocycles. The molecule has 134 valence electrons. The minimum atomic E-state index is -0.544. The van der Waals surface area contributed by atoms with Crippen LogP contribution in [0.3, 0.4) is 0 Å². The highest BCUT2D eigenvalue weighted by Gasteiger charge is 2.14. The lowest BCUT2D eigenvalue weighted by molar-refractivity contribution is 0.163. The lowest BCUT2D eigenvalue weighted by Gasteiger charge is -2.10. The zero-order chi connectivity index (χ0) is 18.5. The molecule has 0 radical (unpaired) electrons. The largest absolute Gasteiger partial charge is 0.449 e. The van der Waals surface area contributed by atoms with Gasteiger partial charge in [0.2, 0.25) is 0 Å². The highest BCUT2D eigenvalue weighted by Crippen LogP contribution is 2.28. The zero-order valence-corrected chi connectivity index (χ0v) is 15.0. The Morgan fingerprint density at radius 1 is 1.23 bits per heavy atom. The molecule has 0 aliphatic heterocycles. The van der Waals surface area contributed by atoms with Gasteiger partial charge in [0.05, 0.1) is 12.8 Å². The van der Waals surface area contributed by atoms with Crippen LogP contribution in [-0.2, 0) is 18.2 Å². The average Bonchev–Trinajstić information content (AvgIpc) is 2.98. The number of nitrogens with zero attached hydrogens (tertiary/aromatic N) is 2. The number of benzene rings is 2. The van der Waals surface area contributed by atoms with E-state index < -0.39 is 6.09 Å². The second-order valence-electron chi connectivity index (χ2n) is 5.75. The predicted octanol–water partition coefficient (Wildman–Crippen LogP) is 4.11. The summed E-state index contributed by atoms with van der Waals surface area (Å²) in [5, 5.41) is 7.61. The topological polar surface area (TPSA) is 82.2 Å². The fourth-order valence-corrected chi connectivity index (χ4v) is 2.78. The van der Waals surface area contributed by atoms with Gasteiger partial charge in [-0.1, -0.05) is 41.9 Å². The second-order valence-corrected chi connectivity index (χ2v) is 6.16. The average molecular weight is 371 g/mol. The van der Waals surface area contributed by atoms with E-state index in [9.17, 15) is 4.79 Å². The van der Waals surface area contributed by atoms with Crippen molar-refractivity contribution < 1.29 is 9.53 Å². The summed E-state index contributed by atoms with van der Waals surface area (Å²) >= 11 is 6.10. The monoisotopic (exact) mass is 370 g/mol. The Kier molecular flexibility index (Phi) is 5.43. The molecule has 2 aromatic carbocycles. The van der Waals surface area contributed by atoms with Crippen molar-refractivity contribution in [3.8, 4) is 11.1 Å². The smallest absolute Gasteiger partial charge is 0.412 e. The van der Waals surface area contributed by atoms with Crippen LogP contribution in [0.5, 0.6) is 0 Å². The molecule has 3 N–H and O–H groups in total. The molecule has 0 fully saturated rings. The van der Waals surface area contributed by atoms with Crippen molar-refractivity contribution in [3.05, 3.63) is 65.3 Å². The summed E-state index contributed by atoms with van der Waals surface area (Å²) in [6.45, 7) is 0.227. The molecular formula is C19H19ClN4O2. The highest BCUT2D eigenvalue weighted by molar-refractivity contribution is 6.31. The van der Waals surface area contributed by atoms with Gasteiger partial charge in [0.1, 0.15) is 5.82 Å². The predicted molar refractivity (Wildman–Crippen MR) is 103 cm³/mol. The maximum absolute atomic E-state index is 12.1. The van der Waals surface area contributed by atoms with Crippen LogP contribution in [0.2, 0.25) is 5.02 Å². The number of hydrogen-bond acceptors (Lipinski definition) is 4. The summed E-state index contributed by atoms with van der Waals surface area (Å²) in [4.78, 5) is 12.1. The number of aromatic nitrogens is 2. The van der Waals surface area contributed by atoms with Gasteiger partial charge in [-0.05, 0) is 29.3 Å². The number of carbonyl (C=O) groups is 1. The van der Waals surface area contributed by atoms with Gasteiger partial charge in [0.15, 0.2) is 0 Å². The number of carbonyl (C=O) groups excluding carboxylic acids is 1. The van der Waals surface area contributed by atoms with E-state index in [0.717, 1.165) is 16.7 Å². The van der Waals surface area contributed by atoms with Crippen LogP contribution in [0, 0.1) is 0 Å². The van der Waals surface area contributed by atoms with Gasteiger partial charge in [0.25, 0.3) is 0 Å². The number of anilines is 2. The van der Waals surface area contributed by atoms with Gasteiger partial charge < -0.3 is 10.5 Å². The number of ether oxygens (including phenoxy) is 1. The van der Waals surface area contributed by atoms with Crippen LogP contribution in [0.4, 0.5) is 16.3 Å². The number of nitrogens with one attached hydrogen (secondary N) is 1. The standard InChI is InChI=1S/C19H19ClN4O2/c1-24-18(16(12-22-24)13-6-8-15(21)9-7-13)23-19(25)26-11-10-14-4-2-3-5-17(14)20/h2-9,12H,10-11,21H2,1H3,(H,23,25). The first kappa shape index (κ1) is 17.8. The molecule has 0 unspecified atom stereocenters. The fraction of sp³-hybridized carbons (Fsp3) is 0.158. The lowest BCUT2D eigenvalue weighted by atomic mass is 10.1. The quantitative estimate of drug-likeness (QED) is 0.662. The molecule has 6 nitrogen and oxygen atoms in total. The molecule has 0 saturated carbocycles. The summed E-state index contributed by atoms with van der Waals surface area (Å²) in [7, 11) is 1.75. The van der Waals surface area contributed by atoms with E-state index in [4.69, 9.17) is 22.1 Å². The van der Waals surface area contributed by atoms with Crippen LogP contribution >= 0.6 is 11.6 Å². The molecule has 0 aliphatic rings. The van der Waals surface area contributed by atoms with E-state index in [1.165, 1.54) is 0 Å². The first-order valence-electron chi connectivity index (χ1n) is 8.09. The van der Waals surface area contributed by atoms with Gasteiger partial charge in [-0.2, -0.15) is 5.10 Å². The van der Waals surface area contributed by atoms with Crippen molar-refractivity contribution in [1.82, 2.24) is 9.78 Å². The minimum absolute atomic E-state index is 0.227. The molecule has 26 heavy (non-hydrogen) atoms. The molecule has 3 aromatic rings. The van der Waals surface area contributed by atoms with E-state index in [1.807, 2.05) is 36.4 Å².